The number of ether oxygens (including phenoxy) is 1. The molecule has 21 heavy (non-hydrogen) atoms. The molecule has 1 aliphatic heterocycles. The summed E-state index contributed by atoms with van der Waals surface area (Å²) in [6, 6.07) is 8.75. The van der Waals surface area contributed by atoms with Crippen molar-refractivity contribution < 1.29 is 9.84 Å². The number of hydrogen-bond donors (Lipinski definition) is 1. The first-order valence-electron chi connectivity index (χ1n) is 7.41. The number of alkyl halides is 1. The lowest BCUT2D eigenvalue weighted by Gasteiger charge is -2.35. The lowest BCUT2D eigenvalue weighted by molar-refractivity contribution is 0.197. The third kappa shape index (κ3) is 3.51. The molecule has 2 rings (SSSR count). The topological polar surface area (TPSA) is 53.2 Å². The second-order valence-corrected chi connectivity index (χ2v) is 7.44. The molecule has 0 amide bonds. The van der Waals surface area contributed by atoms with Gasteiger partial charge in [0.05, 0.1) is 18.6 Å². The summed E-state index contributed by atoms with van der Waals surface area (Å²) in [5.41, 5.74) is 2.32. The molecule has 2 unspecified atom stereocenters. The van der Waals surface area contributed by atoms with Gasteiger partial charge in [0.1, 0.15) is 5.75 Å². The first kappa shape index (κ1) is 16.6. The molecule has 1 aliphatic rings. The number of nitrogens with zero attached hydrogens (tertiary/aromatic N) is 1. The molecular formula is C17H22INO2. The summed E-state index contributed by atoms with van der Waals surface area (Å²) in [6.07, 6.45) is 2.65. The second kappa shape index (κ2) is 6.97. The molecule has 1 aromatic carbocycles. The van der Waals surface area contributed by atoms with Gasteiger partial charge in [-0.3, -0.25) is 0 Å². The van der Waals surface area contributed by atoms with Gasteiger partial charge in [0.2, 0.25) is 0 Å². The van der Waals surface area contributed by atoms with Gasteiger partial charge in [-0.15, -0.1) is 0 Å². The van der Waals surface area contributed by atoms with Crippen molar-refractivity contribution in [2.75, 3.05) is 13.2 Å². The van der Waals surface area contributed by atoms with E-state index in [4.69, 9.17) is 4.74 Å². The van der Waals surface area contributed by atoms with Crippen LogP contribution in [0.1, 0.15) is 41.7 Å². The molecule has 0 radical (unpaired) electrons. The Labute approximate surface area is 140 Å². The smallest absolute Gasteiger partial charge is 0.122 e. The first-order chi connectivity index (χ1) is 10.0. The number of rotatable bonds is 5. The highest BCUT2D eigenvalue weighted by Gasteiger charge is 2.37. The summed E-state index contributed by atoms with van der Waals surface area (Å²) >= 11 is 2.43. The maximum absolute atomic E-state index is 9.40. The first-order valence-corrected chi connectivity index (χ1v) is 8.65. The van der Waals surface area contributed by atoms with Crippen LogP contribution >= 0.6 is 22.6 Å². The Morgan fingerprint density at radius 1 is 1.48 bits per heavy atom. The predicted molar refractivity (Wildman–Crippen MR) is 91.6 cm³/mol. The van der Waals surface area contributed by atoms with Gasteiger partial charge in [0.25, 0.3) is 0 Å². The molecule has 1 heterocycles. The molecule has 0 aromatic heterocycles. The molecule has 0 saturated carbocycles. The van der Waals surface area contributed by atoms with Crippen molar-refractivity contribution >= 4 is 22.6 Å². The summed E-state index contributed by atoms with van der Waals surface area (Å²) in [5.74, 6) is 0.843. The highest BCUT2D eigenvalue weighted by Crippen LogP contribution is 2.47. The summed E-state index contributed by atoms with van der Waals surface area (Å²) in [6.45, 7) is 5.09. The van der Waals surface area contributed by atoms with Gasteiger partial charge in [-0.05, 0) is 41.9 Å². The second-order valence-electron chi connectivity index (χ2n) is 6.20. The van der Waals surface area contributed by atoms with Crippen molar-refractivity contribution in [2.24, 2.45) is 11.3 Å². The van der Waals surface area contributed by atoms with E-state index >= 15 is 0 Å². The molecule has 0 spiro atoms. The number of halogens is 1. The minimum atomic E-state index is -0.193. The van der Waals surface area contributed by atoms with Gasteiger partial charge in [-0.2, -0.15) is 5.26 Å². The average molecular weight is 399 g/mol. The molecule has 3 nitrogen and oxygen atoms in total. The Hall–Kier alpha value is -0.800. The van der Waals surface area contributed by atoms with E-state index in [-0.39, 0.29) is 21.9 Å². The van der Waals surface area contributed by atoms with Crippen LogP contribution in [0.4, 0.5) is 0 Å². The monoisotopic (exact) mass is 399 g/mol. The maximum Gasteiger partial charge on any atom is 0.122 e. The van der Waals surface area contributed by atoms with E-state index in [1.165, 1.54) is 11.1 Å². The van der Waals surface area contributed by atoms with E-state index in [0.717, 1.165) is 25.2 Å². The van der Waals surface area contributed by atoms with Gasteiger partial charge in [0.15, 0.2) is 0 Å². The molecule has 0 fully saturated rings. The van der Waals surface area contributed by atoms with Crippen LogP contribution < -0.4 is 4.74 Å². The van der Waals surface area contributed by atoms with E-state index in [0.29, 0.717) is 6.42 Å². The SMILES string of the molecule is CC(C)(C(C#N)CCO)C(I)c1ccc2c(c1)CCCO2. The zero-order valence-corrected chi connectivity index (χ0v) is 14.8. The molecule has 0 bridgehead atoms. The van der Waals surface area contributed by atoms with Crippen LogP contribution in [0.25, 0.3) is 0 Å². The number of hydrogen-bond acceptors (Lipinski definition) is 3. The van der Waals surface area contributed by atoms with Crippen LogP contribution in [0.15, 0.2) is 18.2 Å². The van der Waals surface area contributed by atoms with Crippen LogP contribution in [0, 0.1) is 22.7 Å². The quantitative estimate of drug-likeness (QED) is 0.601. The van der Waals surface area contributed by atoms with Gasteiger partial charge in [-0.25, -0.2) is 0 Å². The standard InChI is InChI=1S/C17H22INO2/c1-17(2,14(11-19)7-8-20)16(18)13-5-6-15-12(10-13)4-3-9-21-15/h5-6,10,14,16,20H,3-4,7-9H2,1-2H3. The van der Waals surface area contributed by atoms with E-state index < -0.39 is 0 Å². The van der Waals surface area contributed by atoms with Crippen LogP contribution in [-0.2, 0) is 6.42 Å². The number of benzene rings is 1. The Kier molecular flexibility index (Phi) is 5.50. The molecule has 2 atom stereocenters. The minimum Gasteiger partial charge on any atom is -0.493 e. The molecule has 1 aromatic rings. The fraction of sp³-hybridized carbons (Fsp3) is 0.588. The summed E-state index contributed by atoms with van der Waals surface area (Å²) < 4.78 is 5.88. The summed E-state index contributed by atoms with van der Waals surface area (Å²) in [4.78, 5) is 0. The lowest BCUT2D eigenvalue weighted by Crippen LogP contribution is -2.28. The normalized spacial score (nSPS) is 17.3. The van der Waals surface area contributed by atoms with Crippen LogP contribution in [0.5, 0.6) is 5.75 Å². The number of fused-ring (bicyclic) bond motifs is 1. The molecule has 4 heteroatoms. The molecule has 114 valence electrons. The average Bonchev–Trinajstić information content (AvgIpc) is 2.51. The summed E-state index contributed by atoms with van der Waals surface area (Å²) in [5, 5.41) is 18.6. The third-order valence-corrected chi connectivity index (χ3v) is 6.67. The van der Waals surface area contributed by atoms with Crippen molar-refractivity contribution in [2.45, 2.75) is 37.0 Å². The minimum absolute atomic E-state index is 0.0586. The molecule has 1 N–H and O–H groups in total. The molecule has 0 aliphatic carbocycles. The Bertz CT molecular complexity index is 536. The van der Waals surface area contributed by atoms with Crippen molar-refractivity contribution in [1.82, 2.24) is 0 Å². The fourth-order valence-corrected chi connectivity index (χ4v) is 3.70. The Morgan fingerprint density at radius 3 is 2.90 bits per heavy atom. The highest BCUT2D eigenvalue weighted by atomic mass is 127. The van der Waals surface area contributed by atoms with Crippen molar-refractivity contribution in [3.05, 3.63) is 29.3 Å². The van der Waals surface area contributed by atoms with Crippen LogP contribution in [-0.4, -0.2) is 18.3 Å². The predicted octanol–water partition coefficient (Wildman–Crippen LogP) is 4.04. The van der Waals surface area contributed by atoms with Gasteiger partial charge < -0.3 is 9.84 Å². The number of aliphatic hydroxyl groups is 1. The van der Waals surface area contributed by atoms with Gasteiger partial charge >= 0.3 is 0 Å². The van der Waals surface area contributed by atoms with E-state index in [2.05, 4.69) is 60.7 Å². The van der Waals surface area contributed by atoms with Crippen LogP contribution in [0.3, 0.4) is 0 Å². The van der Waals surface area contributed by atoms with Gasteiger partial charge in [0, 0.05) is 10.5 Å². The number of aliphatic hydroxyl groups excluding tert-OH is 1. The number of nitriles is 1. The van der Waals surface area contributed by atoms with E-state index in [9.17, 15) is 10.4 Å². The van der Waals surface area contributed by atoms with Crippen molar-refractivity contribution in [3.63, 3.8) is 0 Å². The maximum atomic E-state index is 9.40. The zero-order valence-electron chi connectivity index (χ0n) is 12.6. The highest BCUT2D eigenvalue weighted by molar-refractivity contribution is 14.1. The molecular weight excluding hydrogens is 377 g/mol. The molecule has 0 saturated heterocycles. The largest absolute Gasteiger partial charge is 0.493 e. The van der Waals surface area contributed by atoms with Crippen molar-refractivity contribution in [1.29, 1.82) is 5.26 Å². The van der Waals surface area contributed by atoms with Crippen molar-refractivity contribution in [3.8, 4) is 11.8 Å². The van der Waals surface area contributed by atoms with E-state index in [1.807, 2.05) is 0 Å². The number of aryl methyl sites for hydroxylation is 1. The zero-order chi connectivity index (χ0) is 15.5. The lowest BCUT2D eigenvalue weighted by atomic mass is 9.73. The fourth-order valence-electron chi connectivity index (χ4n) is 2.88. The Morgan fingerprint density at radius 2 is 2.24 bits per heavy atom. The Balaban J connectivity index is 2.26. The van der Waals surface area contributed by atoms with E-state index in [1.54, 1.807) is 0 Å². The summed E-state index contributed by atoms with van der Waals surface area (Å²) in [7, 11) is 0. The third-order valence-electron chi connectivity index (χ3n) is 4.35. The van der Waals surface area contributed by atoms with Crippen LogP contribution in [0.2, 0.25) is 0 Å². The van der Waals surface area contributed by atoms with Gasteiger partial charge in [-0.1, -0.05) is 48.6 Å².